The van der Waals surface area contributed by atoms with Crippen molar-refractivity contribution in [3.8, 4) is 28.9 Å². The molecule has 4 aromatic rings. The van der Waals surface area contributed by atoms with E-state index in [1.807, 2.05) is 13.8 Å². The number of fused-ring (bicyclic) bond motifs is 6. The summed E-state index contributed by atoms with van der Waals surface area (Å²) in [5, 5.41) is 16.0. The molecule has 2 bridgehead atoms. The number of aryl methyl sites for hydroxylation is 1. The molecule has 2 N–H and O–H groups in total. The quantitative estimate of drug-likeness (QED) is 0.283. The molecule has 48 heavy (non-hydrogen) atoms. The van der Waals surface area contributed by atoms with E-state index in [0.717, 1.165) is 58.5 Å². The lowest BCUT2D eigenvalue weighted by Crippen LogP contribution is -2.62. The largest absolute Gasteiger partial charge is 0.508 e. The van der Waals surface area contributed by atoms with Crippen molar-refractivity contribution < 1.29 is 28.1 Å². The van der Waals surface area contributed by atoms with Crippen molar-refractivity contribution in [2.24, 2.45) is 5.41 Å². The van der Waals surface area contributed by atoms with Crippen LogP contribution in [0.25, 0.3) is 32.9 Å². The number of aromatic nitrogens is 3. The Hall–Kier alpha value is -3.87. The molecule has 2 aromatic carbocycles. The number of nitrogens with zero attached hydrogens (tertiary/aromatic N) is 5. The van der Waals surface area contributed by atoms with Gasteiger partial charge in [-0.05, 0) is 73.6 Å². The fourth-order valence-corrected chi connectivity index (χ4v) is 8.54. The van der Waals surface area contributed by atoms with Crippen LogP contribution in [0.3, 0.4) is 0 Å². The van der Waals surface area contributed by atoms with Crippen LogP contribution in [0.1, 0.15) is 45.1 Å². The van der Waals surface area contributed by atoms with Gasteiger partial charge in [0, 0.05) is 49.2 Å². The van der Waals surface area contributed by atoms with Gasteiger partial charge in [-0.25, -0.2) is 13.8 Å². The smallest absolute Gasteiger partial charge is 0.319 e. The van der Waals surface area contributed by atoms with E-state index in [1.165, 1.54) is 12.1 Å². The first-order chi connectivity index (χ1) is 23.3. The van der Waals surface area contributed by atoms with Crippen molar-refractivity contribution in [3.05, 3.63) is 41.5 Å². The minimum Gasteiger partial charge on any atom is -0.508 e. The van der Waals surface area contributed by atoms with E-state index < -0.39 is 11.6 Å². The molecular formula is C36H40F2N6O4. The number of ether oxygens (including phenoxy) is 3. The molecule has 9 rings (SSSR count). The van der Waals surface area contributed by atoms with Gasteiger partial charge in [0.15, 0.2) is 5.82 Å². The SMILES string of the molecule is CCc1c(F)ccc2cc(O)cc(-c3nc4c5c(nc(OCC6(CN7CCOCC7)CC6)nc5c3F)N3CC5CCC(N5)C3C(C)O4)c12. The molecule has 1 aliphatic carbocycles. The van der Waals surface area contributed by atoms with Gasteiger partial charge in [-0.1, -0.05) is 13.0 Å². The Morgan fingerprint density at radius 1 is 1.08 bits per heavy atom. The number of piperazine rings is 1. The highest BCUT2D eigenvalue weighted by Crippen LogP contribution is 2.48. The van der Waals surface area contributed by atoms with Crippen LogP contribution < -0.4 is 19.7 Å². The van der Waals surface area contributed by atoms with E-state index >= 15 is 8.78 Å². The highest BCUT2D eigenvalue weighted by Gasteiger charge is 2.48. The number of benzene rings is 2. The van der Waals surface area contributed by atoms with E-state index in [-0.39, 0.29) is 64.1 Å². The highest BCUT2D eigenvalue weighted by molar-refractivity contribution is 6.03. The van der Waals surface area contributed by atoms with Gasteiger partial charge in [-0.3, -0.25) is 4.90 Å². The molecule has 2 aromatic heterocycles. The maximum atomic E-state index is 17.2. The van der Waals surface area contributed by atoms with Crippen molar-refractivity contribution in [1.82, 2.24) is 25.2 Å². The number of halogens is 2. The lowest BCUT2D eigenvalue weighted by atomic mass is 9.94. The van der Waals surface area contributed by atoms with Crippen LogP contribution in [0, 0.1) is 17.0 Å². The van der Waals surface area contributed by atoms with Crippen molar-refractivity contribution in [3.63, 3.8) is 0 Å². The first-order valence-electron chi connectivity index (χ1n) is 17.3. The molecule has 0 spiro atoms. The van der Waals surface area contributed by atoms with E-state index in [4.69, 9.17) is 29.2 Å². The minimum atomic E-state index is -0.692. The number of hydrogen-bond acceptors (Lipinski definition) is 10. The minimum absolute atomic E-state index is 0.00626. The molecule has 12 heteroatoms. The monoisotopic (exact) mass is 658 g/mol. The number of rotatable bonds is 7. The Labute approximate surface area is 277 Å². The zero-order valence-electron chi connectivity index (χ0n) is 27.3. The molecular weight excluding hydrogens is 618 g/mol. The third kappa shape index (κ3) is 4.94. The lowest BCUT2D eigenvalue weighted by molar-refractivity contribution is 0.0231. The van der Waals surface area contributed by atoms with Crippen LogP contribution in [0.15, 0.2) is 24.3 Å². The fraction of sp³-hybridized carbons (Fsp3) is 0.528. The van der Waals surface area contributed by atoms with Gasteiger partial charge in [0.05, 0.1) is 25.9 Å². The second-order valence-electron chi connectivity index (χ2n) is 14.3. The summed E-state index contributed by atoms with van der Waals surface area (Å²) in [5.41, 5.74) is 0.683. The van der Waals surface area contributed by atoms with Gasteiger partial charge in [0.1, 0.15) is 40.1 Å². The summed E-state index contributed by atoms with van der Waals surface area (Å²) in [6, 6.07) is 6.49. The maximum absolute atomic E-state index is 17.2. The Balaban J connectivity index is 1.21. The first kappa shape index (κ1) is 30.2. The molecule has 4 unspecified atom stereocenters. The number of aromatic hydroxyl groups is 1. The van der Waals surface area contributed by atoms with Crippen molar-refractivity contribution in [2.45, 2.75) is 70.2 Å². The standard InChI is InChI=1S/C36H40F2N6O4/c1-3-23-25(37)6-4-20-14-22(45)15-24(27(20)23)30-29(38)31-28-33(44-16-21-5-7-26(39-21)32(44)19(2)48-34(28)40-30)42-35(41-31)47-18-36(8-9-36)17-43-10-12-46-13-11-43/h4,6,14-15,19,21,26,32,39,45H,3,5,7-13,16-18H2,1-2H3. The number of anilines is 1. The third-order valence-corrected chi connectivity index (χ3v) is 11.1. The molecule has 6 heterocycles. The van der Waals surface area contributed by atoms with E-state index in [0.29, 0.717) is 47.1 Å². The normalized spacial score (nSPS) is 26.0. The predicted molar refractivity (Wildman–Crippen MR) is 177 cm³/mol. The topological polar surface area (TPSA) is 105 Å². The molecule has 4 aliphatic heterocycles. The van der Waals surface area contributed by atoms with E-state index in [1.54, 1.807) is 12.1 Å². The highest BCUT2D eigenvalue weighted by atomic mass is 19.1. The summed E-state index contributed by atoms with van der Waals surface area (Å²) in [6.07, 6.45) is 4.22. The number of hydrogen-bond donors (Lipinski definition) is 2. The Morgan fingerprint density at radius 2 is 1.92 bits per heavy atom. The van der Waals surface area contributed by atoms with Gasteiger partial charge in [-0.15, -0.1) is 0 Å². The second kappa shape index (κ2) is 11.3. The van der Waals surface area contributed by atoms with Crippen molar-refractivity contribution in [2.75, 3.05) is 50.9 Å². The van der Waals surface area contributed by atoms with Gasteiger partial charge >= 0.3 is 6.01 Å². The molecule has 0 amide bonds. The molecule has 5 aliphatic rings. The molecule has 4 fully saturated rings. The van der Waals surface area contributed by atoms with Crippen LogP contribution >= 0.6 is 0 Å². The number of morpholine rings is 1. The summed E-state index contributed by atoms with van der Waals surface area (Å²) in [4.78, 5) is 19.2. The average molecular weight is 659 g/mol. The summed E-state index contributed by atoms with van der Waals surface area (Å²) >= 11 is 0. The lowest BCUT2D eigenvalue weighted by Gasteiger charge is -2.42. The van der Waals surface area contributed by atoms with Crippen LogP contribution in [0.5, 0.6) is 17.6 Å². The van der Waals surface area contributed by atoms with Crippen molar-refractivity contribution >= 4 is 27.5 Å². The van der Waals surface area contributed by atoms with Gasteiger partial charge < -0.3 is 29.5 Å². The average Bonchev–Trinajstić information content (AvgIpc) is 3.78. The molecule has 1 saturated carbocycles. The van der Waals surface area contributed by atoms with Crippen molar-refractivity contribution in [1.29, 1.82) is 0 Å². The third-order valence-electron chi connectivity index (χ3n) is 11.1. The van der Waals surface area contributed by atoms with Crippen LogP contribution in [0.4, 0.5) is 14.6 Å². The number of nitrogens with one attached hydrogen (secondary N) is 1. The number of phenolic OH excluding ortho intramolecular Hbond substituents is 1. The van der Waals surface area contributed by atoms with Crippen LogP contribution in [0.2, 0.25) is 0 Å². The van der Waals surface area contributed by atoms with Crippen LogP contribution in [-0.2, 0) is 11.2 Å². The van der Waals surface area contributed by atoms with Gasteiger partial charge in [0.25, 0.3) is 0 Å². The summed E-state index contributed by atoms with van der Waals surface area (Å²) in [6.45, 7) is 9.19. The van der Waals surface area contributed by atoms with Gasteiger partial charge in [-0.2, -0.15) is 9.97 Å². The fourth-order valence-electron chi connectivity index (χ4n) is 8.54. The zero-order chi connectivity index (χ0) is 32.7. The second-order valence-corrected chi connectivity index (χ2v) is 14.3. The molecule has 10 nitrogen and oxygen atoms in total. The van der Waals surface area contributed by atoms with E-state index in [2.05, 4.69) is 15.1 Å². The van der Waals surface area contributed by atoms with E-state index in [9.17, 15) is 5.11 Å². The van der Waals surface area contributed by atoms with Gasteiger partial charge in [0.2, 0.25) is 5.88 Å². The summed E-state index contributed by atoms with van der Waals surface area (Å²) in [5.74, 6) is -0.378. The predicted octanol–water partition coefficient (Wildman–Crippen LogP) is 4.97. The summed E-state index contributed by atoms with van der Waals surface area (Å²) in [7, 11) is 0. The number of phenols is 1. The Kier molecular flexibility index (Phi) is 7.14. The molecule has 3 saturated heterocycles. The van der Waals surface area contributed by atoms with Crippen LogP contribution in [-0.4, -0.2) is 95.2 Å². The summed E-state index contributed by atoms with van der Waals surface area (Å²) < 4.78 is 50.9. The molecule has 252 valence electrons. The Morgan fingerprint density at radius 3 is 2.71 bits per heavy atom. The maximum Gasteiger partial charge on any atom is 0.319 e. The molecule has 4 atom stereocenters. The first-order valence-corrected chi connectivity index (χ1v) is 17.3. The Bertz CT molecular complexity index is 1930. The molecule has 0 radical (unpaired) electrons. The zero-order valence-corrected chi connectivity index (χ0v) is 27.3. The number of pyridine rings is 1.